The van der Waals surface area contributed by atoms with Crippen molar-refractivity contribution >= 4 is 58.9 Å². The van der Waals surface area contributed by atoms with E-state index < -0.39 is 0 Å². The first-order valence-electron chi connectivity index (χ1n) is 16.5. The summed E-state index contributed by atoms with van der Waals surface area (Å²) in [5.41, 5.74) is 0. The third kappa shape index (κ3) is 10.6. The fraction of sp³-hybridized carbons (Fsp3) is 0.647. The van der Waals surface area contributed by atoms with Crippen molar-refractivity contribution in [2.45, 2.75) is 162 Å². The number of carbonyl (C=O) groups excluding carboxylic acids is 2. The zero-order valence-corrected chi connectivity index (χ0v) is 29.1. The highest BCUT2D eigenvalue weighted by atomic mass is 32.2. The largest absolute Gasteiger partial charge is 0.292 e. The summed E-state index contributed by atoms with van der Waals surface area (Å²) >= 11 is 7.10. The summed E-state index contributed by atoms with van der Waals surface area (Å²) in [6.07, 6.45) is 32.2. The van der Waals surface area contributed by atoms with Crippen LogP contribution in [0.15, 0.2) is 52.8 Å². The minimum absolute atomic E-state index is 0.212. The number of rotatable bonds is 20. The lowest BCUT2D eigenvalue weighted by Gasteiger charge is -2.05. The first kappa shape index (κ1) is 33.9. The molecule has 4 heterocycles. The van der Waals surface area contributed by atoms with E-state index in [0.717, 1.165) is 25.7 Å². The number of hydrogen-bond donors (Lipinski definition) is 0. The van der Waals surface area contributed by atoms with Crippen molar-refractivity contribution in [3.05, 3.63) is 33.3 Å². The predicted molar refractivity (Wildman–Crippen MR) is 184 cm³/mol. The fourth-order valence-corrected chi connectivity index (χ4v) is 10.8. The van der Waals surface area contributed by atoms with Gasteiger partial charge >= 0.3 is 0 Å². The Bertz CT molecular complexity index is 1040. The first-order valence-corrected chi connectivity index (χ1v) is 19.8. The van der Waals surface area contributed by atoms with Crippen LogP contribution >= 0.6 is 47.0 Å². The monoisotopic (exact) mass is 646 g/mol. The molecular formula is C34H50N2O2S4. The quantitative estimate of drug-likeness (QED) is 0.133. The van der Waals surface area contributed by atoms with Crippen molar-refractivity contribution in [3.8, 4) is 0 Å². The summed E-state index contributed by atoms with van der Waals surface area (Å²) in [6, 6.07) is 0. The maximum Gasteiger partial charge on any atom is 0.230 e. The summed E-state index contributed by atoms with van der Waals surface area (Å²) in [5.74, 6) is 0.425. The standard InChI is InChI=1S/C34H50N2O2S4/c1-3-5-7-9-11-13-15-17-19-21-31(37)35-23-27-28(24-35)40-33(39-27)34-41-29-25-36(26-30(29)42-34)32(38)22-20-18-16-14-12-10-8-6-4-2/h23-26H,3-22H2,1-2H3. The van der Waals surface area contributed by atoms with E-state index >= 15 is 0 Å². The van der Waals surface area contributed by atoms with Crippen LogP contribution in [-0.4, -0.2) is 20.9 Å². The molecule has 0 aromatic carbocycles. The van der Waals surface area contributed by atoms with Crippen LogP contribution in [0.4, 0.5) is 0 Å². The van der Waals surface area contributed by atoms with E-state index in [9.17, 15) is 9.59 Å². The molecule has 4 rings (SSSR count). The molecule has 0 saturated carbocycles. The van der Waals surface area contributed by atoms with Crippen LogP contribution in [0.25, 0.3) is 0 Å². The van der Waals surface area contributed by atoms with Gasteiger partial charge < -0.3 is 0 Å². The number of nitrogens with zero attached hydrogens (tertiary/aromatic N) is 2. The van der Waals surface area contributed by atoms with Crippen molar-refractivity contribution in [1.29, 1.82) is 0 Å². The molecule has 0 unspecified atom stereocenters. The third-order valence-electron chi connectivity index (χ3n) is 8.05. The lowest BCUT2D eigenvalue weighted by Crippen LogP contribution is -2.07. The van der Waals surface area contributed by atoms with Crippen molar-refractivity contribution in [1.82, 2.24) is 9.13 Å². The highest BCUT2D eigenvalue weighted by Crippen LogP contribution is 2.61. The van der Waals surface area contributed by atoms with Crippen LogP contribution in [0.3, 0.4) is 0 Å². The number of aromatic nitrogens is 2. The molecule has 2 aromatic rings. The average Bonchev–Trinajstić information content (AvgIpc) is 3.75. The van der Waals surface area contributed by atoms with Gasteiger partial charge in [-0.1, -0.05) is 164 Å². The summed E-state index contributed by atoms with van der Waals surface area (Å²) in [7, 11) is 0. The summed E-state index contributed by atoms with van der Waals surface area (Å²) in [6.45, 7) is 4.52. The third-order valence-corrected chi connectivity index (χ3v) is 13.6. The van der Waals surface area contributed by atoms with Crippen LogP contribution in [0.2, 0.25) is 0 Å². The Hall–Kier alpha value is -0.960. The van der Waals surface area contributed by atoms with E-state index in [1.807, 2.05) is 33.9 Å². The van der Waals surface area contributed by atoms with E-state index in [1.165, 1.54) is 118 Å². The molecule has 0 bridgehead atoms. The van der Waals surface area contributed by atoms with Crippen molar-refractivity contribution in [3.63, 3.8) is 0 Å². The van der Waals surface area contributed by atoms with Gasteiger partial charge in [0, 0.05) is 57.2 Å². The molecule has 0 saturated heterocycles. The molecule has 0 atom stereocenters. The maximum atomic E-state index is 12.7. The van der Waals surface area contributed by atoms with Gasteiger partial charge in [-0.25, -0.2) is 0 Å². The molecule has 232 valence electrons. The predicted octanol–water partition coefficient (Wildman–Crippen LogP) is 12.6. The van der Waals surface area contributed by atoms with Crippen molar-refractivity contribution < 1.29 is 9.59 Å². The van der Waals surface area contributed by atoms with Gasteiger partial charge in [0.15, 0.2) is 0 Å². The van der Waals surface area contributed by atoms with E-state index in [-0.39, 0.29) is 11.8 Å². The highest BCUT2D eigenvalue weighted by molar-refractivity contribution is 8.30. The van der Waals surface area contributed by atoms with E-state index in [1.54, 1.807) is 47.0 Å². The SMILES string of the molecule is CCCCCCCCCCCC(=O)n1cc2c(c1)SC(=C1Sc3cn(C(=O)CCCCCCCCCCC)cc3S1)S2. The fourth-order valence-electron chi connectivity index (χ4n) is 5.47. The smallest absolute Gasteiger partial charge is 0.230 e. The Kier molecular flexibility index (Phi) is 15.1. The summed E-state index contributed by atoms with van der Waals surface area (Å²) in [4.78, 5) is 30.2. The zero-order valence-electron chi connectivity index (χ0n) is 25.8. The molecular weight excluding hydrogens is 597 g/mol. The molecule has 0 amide bonds. The van der Waals surface area contributed by atoms with Crippen LogP contribution in [-0.2, 0) is 0 Å². The Morgan fingerprint density at radius 1 is 0.452 bits per heavy atom. The Labute approximate surface area is 271 Å². The van der Waals surface area contributed by atoms with Gasteiger partial charge in [-0.15, -0.1) is 0 Å². The van der Waals surface area contributed by atoms with Crippen molar-refractivity contribution in [2.24, 2.45) is 0 Å². The van der Waals surface area contributed by atoms with Gasteiger partial charge in [-0.3, -0.25) is 18.7 Å². The van der Waals surface area contributed by atoms with Gasteiger partial charge in [-0.2, -0.15) is 0 Å². The van der Waals surface area contributed by atoms with Crippen LogP contribution in [0.1, 0.15) is 152 Å². The number of thioether (sulfide) groups is 4. The minimum atomic E-state index is 0.212. The van der Waals surface area contributed by atoms with Crippen LogP contribution in [0.5, 0.6) is 0 Å². The van der Waals surface area contributed by atoms with E-state index in [0.29, 0.717) is 12.8 Å². The second-order valence-electron chi connectivity index (χ2n) is 11.7. The molecule has 0 spiro atoms. The molecule has 0 N–H and O–H groups in total. The van der Waals surface area contributed by atoms with Crippen LogP contribution in [0, 0.1) is 0 Å². The zero-order chi connectivity index (χ0) is 29.6. The Balaban J connectivity index is 1.13. The lowest BCUT2D eigenvalue weighted by atomic mass is 10.1. The molecule has 42 heavy (non-hydrogen) atoms. The molecule has 4 nitrogen and oxygen atoms in total. The number of fused-ring (bicyclic) bond motifs is 2. The van der Waals surface area contributed by atoms with Gasteiger partial charge in [0.2, 0.25) is 11.8 Å². The topological polar surface area (TPSA) is 44.0 Å². The molecule has 0 fully saturated rings. The van der Waals surface area contributed by atoms with Crippen molar-refractivity contribution in [2.75, 3.05) is 0 Å². The van der Waals surface area contributed by atoms with E-state index in [2.05, 4.69) is 13.8 Å². The molecule has 2 aliphatic rings. The molecule has 0 radical (unpaired) electrons. The minimum Gasteiger partial charge on any atom is -0.292 e. The Morgan fingerprint density at radius 2 is 0.714 bits per heavy atom. The van der Waals surface area contributed by atoms with Crippen LogP contribution < -0.4 is 0 Å². The normalized spacial score (nSPS) is 14.1. The first-order chi connectivity index (χ1) is 20.6. The second kappa shape index (κ2) is 18.8. The van der Waals surface area contributed by atoms with Gasteiger partial charge in [0.05, 0.1) is 8.47 Å². The number of unbranched alkanes of at least 4 members (excludes halogenated alkanes) is 16. The Morgan fingerprint density at radius 3 is 1.00 bits per heavy atom. The summed E-state index contributed by atoms with van der Waals surface area (Å²) < 4.78 is 6.19. The molecule has 2 aliphatic heterocycles. The average molecular weight is 647 g/mol. The highest BCUT2D eigenvalue weighted by Gasteiger charge is 2.30. The van der Waals surface area contributed by atoms with Gasteiger partial charge in [0.1, 0.15) is 0 Å². The van der Waals surface area contributed by atoms with Gasteiger partial charge in [0.25, 0.3) is 0 Å². The summed E-state index contributed by atoms with van der Waals surface area (Å²) in [5, 5.41) is 0. The molecule has 8 heteroatoms. The number of hydrogen-bond acceptors (Lipinski definition) is 6. The molecule has 0 aliphatic carbocycles. The maximum absolute atomic E-state index is 12.7. The number of carbonyl (C=O) groups is 2. The lowest BCUT2D eigenvalue weighted by molar-refractivity contribution is 0.0890. The molecule has 2 aromatic heterocycles. The van der Waals surface area contributed by atoms with Gasteiger partial charge in [-0.05, 0) is 12.8 Å². The van der Waals surface area contributed by atoms with E-state index in [4.69, 9.17) is 0 Å². The second-order valence-corrected chi connectivity index (χ2v) is 16.4.